The predicted octanol–water partition coefficient (Wildman–Crippen LogP) is 3.46. The van der Waals surface area contributed by atoms with Crippen LogP contribution in [0.3, 0.4) is 0 Å². The summed E-state index contributed by atoms with van der Waals surface area (Å²) in [7, 11) is 0. The van der Waals surface area contributed by atoms with Gasteiger partial charge >= 0.3 is 5.97 Å². The standard InChI is InChI=1S/C22H34O4/c1-12-11-22-9-6-15-20(3,4)8-7-17(26-13(2)23)21(15,5)16(22)10-14(24)18(12)19(22)25/h11,14-19,24-25H,6-10H2,1-5H3/t14-,15-,16+,17+,18-,19?,21-,22+/m1/s1. The lowest BCUT2D eigenvalue weighted by Gasteiger charge is -2.66. The zero-order chi connectivity index (χ0) is 19.1. The fraction of sp³-hybridized carbons (Fsp3) is 0.864. The Hall–Kier alpha value is -0.870. The van der Waals surface area contributed by atoms with Crippen molar-refractivity contribution in [2.24, 2.45) is 34.0 Å². The number of carbonyl (C=O) groups is 1. The maximum absolute atomic E-state index is 11.9. The summed E-state index contributed by atoms with van der Waals surface area (Å²) in [4.78, 5) is 11.9. The molecular weight excluding hydrogens is 328 g/mol. The van der Waals surface area contributed by atoms with E-state index < -0.39 is 12.2 Å². The van der Waals surface area contributed by atoms with E-state index in [1.54, 1.807) is 0 Å². The molecule has 0 aromatic carbocycles. The second-order valence-corrected chi connectivity index (χ2v) is 10.4. The minimum absolute atomic E-state index is 0.129. The number of hydrogen-bond donors (Lipinski definition) is 2. The van der Waals surface area contributed by atoms with E-state index in [-0.39, 0.29) is 40.2 Å². The highest BCUT2D eigenvalue weighted by Gasteiger charge is 2.69. The summed E-state index contributed by atoms with van der Waals surface area (Å²) in [5.74, 6) is 0.211. The summed E-state index contributed by atoms with van der Waals surface area (Å²) >= 11 is 0. The van der Waals surface area contributed by atoms with Gasteiger partial charge in [-0.15, -0.1) is 0 Å². The smallest absolute Gasteiger partial charge is 0.302 e. The molecule has 4 aliphatic rings. The Morgan fingerprint density at radius 3 is 2.50 bits per heavy atom. The van der Waals surface area contributed by atoms with Gasteiger partial charge in [0.1, 0.15) is 6.10 Å². The Balaban J connectivity index is 1.84. The molecule has 3 fully saturated rings. The molecule has 0 saturated heterocycles. The molecule has 146 valence electrons. The monoisotopic (exact) mass is 362 g/mol. The SMILES string of the molecule is CC(=O)O[C@H]1CCC(C)(C)[C@H]2CC[C@@]34C=C(C)[C@@H](C3O)[C@H](O)C[C@H]4[C@]12C. The normalized spacial score (nSPS) is 51.9. The molecule has 0 heterocycles. The molecule has 0 radical (unpaired) electrons. The number of rotatable bonds is 1. The fourth-order valence-electron chi connectivity index (χ4n) is 7.85. The summed E-state index contributed by atoms with van der Waals surface area (Å²) in [5.41, 5.74) is 0.815. The zero-order valence-corrected chi connectivity index (χ0v) is 16.8. The number of aliphatic hydroxyl groups excluding tert-OH is 2. The third-order valence-electron chi connectivity index (χ3n) is 8.82. The molecule has 1 spiro atoms. The van der Waals surface area contributed by atoms with E-state index >= 15 is 0 Å². The van der Waals surface area contributed by atoms with Crippen molar-refractivity contribution in [1.29, 1.82) is 0 Å². The average molecular weight is 363 g/mol. The van der Waals surface area contributed by atoms with E-state index in [1.807, 2.05) is 0 Å². The van der Waals surface area contributed by atoms with Gasteiger partial charge in [0, 0.05) is 23.7 Å². The van der Waals surface area contributed by atoms with Crippen LogP contribution in [0, 0.1) is 34.0 Å². The van der Waals surface area contributed by atoms with Gasteiger partial charge in [-0.1, -0.05) is 32.4 Å². The Labute approximate surface area is 157 Å². The summed E-state index contributed by atoms with van der Waals surface area (Å²) in [5, 5.41) is 22.1. The number of ether oxygens (including phenoxy) is 1. The lowest BCUT2D eigenvalue weighted by Crippen LogP contribution is -2.66. The Kier molecular flexibility index (Phi) is 3.96. The number of esters is 1. The first-order chi connectivity index (χ1) is 12.0. The van der Waals surface area contributed by atoms with Gasteiger partial charge in [-0.2, -0.15) is 0 Å². The molecule has 3 saturated carbocycles. The van der Waals surface area contributed by atoms with Crippen molar-refractivity contribution in [2.75, 3.05) is 0 Å². The van der Waals surface area contributed by atoms with Gasteiger partial charge in [-0.3, -0.25) is 4.79 Å². The zero-order valence-electron chi connectivity index (χ0n) is 16.8. The maximum atomic E-state index is 11.9. The fourth-order valence-corrected chi connectivity index (χ4v) is 7.85. The highest BCUT2D eigenvalue weighted by Crippen LogP contribution is 2.70. The van der Waals surface area contributed by atoms with Crippen LogP contribution in [0.4, 0.5) is 0 Å². The molecule has 8 atom stereocenters. The topological polar surface area (TPSA) is 66.8 Å². The van der Waals surface area contributed by atoms with Gasteiger partial charge in [-0.25, -0.2) is 0 Å². The highest BCUT2D eigenvalue weighted by molar-refractivity contribution is 5.66. The van der Waals surface area contributed by atoms with E-state index in [2.05, 4.69) is 33.8 Å². The summed E-state index contributed by atoms with van der Waals surface area (Å²) in [6, 6.07) is 0. The molecule has 0 aromatic rings. The van der Waals surface area contributed by atoms with E-state index in [0.717, 1.165) is 31.3 Å². The molecule has 0 aliphatic heterocycles. The second-order valence-electron chi connectivity index (χ2n) is 10.4. The van der Waals surface area contributed by atoms with E-state index in [0.29, 0.717) is 12.3 Å². The van der Waals surface area contributed by atoms with Gasteiger partial charge in [0.05, 0.1) is 12.2 Å². The predicted molar refractivity (Wildman–Crippen MR) is 99.2 cm³/mol. The molecule has 0 aromatic heterocycles. The Morgan fingerprint density at radius 1 is 1.15 bits per heavy atom. The van der Waals surface area contributed by atoms with Crippen molar-refractivity contribution in [1.82, 2.24) is 0 Å². The summed E-state index contributed by atoms with van der Waals surface area (Å²) in [6.07, 6.45) is 5.73. The lowest BCUT2D eigenvalue weighted by atomic mass is 9.39. The van der Waals surface area contributed by atoms with Crippen molar-refractivity contribution < 1.29 is 19.7 Å². The third-order valence-corrected chi connectivity index (χ3v) is 8.82. The molecule has 4 nitrogen and oxygen atoms in total. The molecule has 0 amide bonds. The van der Waals surface area contributed by atoms with Gasteiger partial charge in [0.15, 0.2) is 0 Å². The van der Waals surface area contributed by atoms with Crippen molar-refractivity contribution in [3.63, 3.8) is 0 Å². The molecule has 1 unspecified atom stereocenters. The highest BCUT2D eigenvalue weighted by atomic mass is 16.5. The Morgan fingerprint density at radius 2 is 1.85 bits per heavy atom. The molecule has 4 aliphatic carbocycles. The summed E-state index contributed by atoms with van der Waals surface area (Å²) in [6.45, 7) is 10.5. The first-order valence-corrected chi connectivity index (χ1v) is 10.3. The van der Waals surface area contributed by atoms with Gasteiger partial charge < -0.3 is 14.9 Å². The van der Waals surface area contributed by atoms with Gasteiger partial charge in [-0.05, 0) is 56.3 Å². The second kappa shape index (κ2) is 5.57. The van der Waals surface area contributed by atoms with Gasteiger partial charge in [0.25, 0.3) is 0 Å². The van der Waals surface area contributed by atoms with Crippen molar-refractivity contribution in [2.45, 2.75) is 85.0 Å². The number of carbonyl (C=O) groups excluding carboxylic acids is 1. The molecule has 4 rings (SSSR count). The van der Waals surface area contributed by atoms with Crippen LogP contribution in [0.5, 0.6) is 0 Å². The van der Waals surface area contributed by atoms with Crippen LogP contribution in [0.2, 0.25) is 0 Å². The van der Waals surface area contributed by atoms with E-state index in [4.69, 9.17) is 4.74 Å². The minimum Gasteiger partial charge on any atom is -0.462 e. The number of hydrogen-bond acceptors (Lipinski definition) is 4. The lowest BCUT2D eigenvalue weighted by molar-refractivity contribution is -0.235. The van der Waals surface area contributed by atoms with Gasteiger partial charge in [0.2, 0.25) is 0 Å². The van der Waals surface area contributed by atoms with Crippen molar-refractivity contribution in [3.8, 4) is 0 Å². The molecule has 2 bridgehead atoms. The minimum atomic E-state index is -0.517. The molecule has 2 N–H and O–H groups in total. The van der Waals surface area contributed by atoms with Crippen LogP contribution in [-0.4, -0.2) is 34.5 Å². The summed E-state index contributed by atoms with van der Waals surface area (Å²) < 4.78 is 5.88. The maximum Gasteiger partial charge on any atom is 0.302 e. The van der Waals surface area contributed by atoms with Crippen LogP contribution in [-0.2, 0) is 9.53 Å². The number of fused-ring (bicyclic) bond motifs is 3. The van der Waals surface area contributed by atoms with Crippen LogP contribution in [0.25, 0.3) is 0 Å². The molecule has 26 heavy (non-hydrogen) atoms. The first-order valence-electron chi connectivity index (χ1n) is 10.3. The van der Waals surface area contributed by atoms with Crippen LogP contribution in [0.15, 0.2) is 11.6 Å². The quantitative estimate of drug-likeness (QED) is 0.554. The van der Waals surface area contributed by atoms with Crippen molar-refractivity contribution in [3.05, 3.63) is 11.6 Å². The van der Waals surface area contributed by atoms with Crippen molar-refractivity contribution >= 4 is 5.97 Å². The van der Waals surface area contributed by atoms with Crippen LogP contribution in [0.1, 0.15) is 66.7 Å². The van der Waals surface area contributed by atoms with Crippen LogP contribution >= 0.6 is 0 Å². The molecule has 4 heteroatoms. The Bertz CT molecular complexity index is 653. The van der Waals surface area contributed by atoms with E-state index in [9.17, 15) is 15.0 Å². The average Bonchev–Trinajstić information content (AvgIpc) is 2.68. The largest absolute Gasteiger partial charge is 0.462 e. The third kappa shape index (κ3) is 2.18. The number of aliphatic hydroxyl groups is 2. The van der Waals surface area contributed by atoms with Crippen LogP contribution < -0.4 is 0 Å². The first kappa shape index (κ1) is 18.5. The van der Waals surface area contributed by atoms with E-state index in [1.165, 1.54) is 6.92 Å². The molecular formula is C22H34O4.